The number of benzene rings is 2. The summed E-state index contributed by atoms with van der Waals surface area (Å²) in [5.41, 5.74) is 1.93. The Morgan fingerprint density at radius 2 is 1.77 bits per heavy atom. The molecule has 4 rings (SSSR count). The molecule has 26 heavy (non-hydrogen) atoms. The second-order valence-electron chi connectivity index (χ2n) is 6.97. The van der Waals surface area contributed by atoms with Crippen molar-refractivity contribution in [1.82, 2.24) is 9.88 Å². The van der Waals surface area contributed by atoms with Crippen molar-refractivity contribution in [2.45, 2.75) is 31.8 Å². The molecular weight excluding hydrogens is 324 g/mol. The highest BCUT2D eigenvalue weighted by molar-refractivity contribution is 5.82. The number of rotatable bonds is 5. The molecule has 1 aromatic heterocycles. The summed E-state index contributed by atoms with van der Waals surface area (Å²) >= 11 is 0. The monoisotopic (exact) mass is 346 g/mol. The molecule has 0 radical (unpaired) electrons. The fourth-order valence-electron chi connectivity index (χ4n) is 3.68. The number of hydrogen-bond donors (Lipinski definition) is 1. The van der Waals surface area contributed by atoms with Crippen LogP contribution in [-0.2, 0) is 11.3 Å². The zero-order chi connectivity index (χ0) is 17.9. The summed E-state index contributed by atoms with van der Waals surface area (Å²) in [5, 5.41) is 3.87. The molecule has 1 saturated carbocycles. The lowest BCUT2D eigenvalue weighted by Crippen LogP contribution is -2.38. The van der Waals surface area contributed by atoms with Gasteiger partial charge in [-0.2, -0.15) is 0 Å². The fraction of sp³-hybridized carbons (Fsp3) is 0.273. The maximum atomic E-state index is 12.8. The topological polar surface area (TPSA) is 51.1 Å². The number of hydrogen-bond acceptors (Lipinski definition) is 2. The lowest BCUT2D eigenvalue weighted by atomic mass is 9.77. The summed E-state index contributed by atoms with van der Waals surface area (Å²) in [6.07, 6.45) is 5.24. The van der Waals surface area contributed by atoms with Gasteiger partial charge in [-0.25, -0.2) is 0 Å². The molecule has 1 aliphatic carbocycles. The van der Waals surface area contributed by atoms with Crippen molar-refractivity contribution >= 4 is 16.8 Å². The van der Waals surface area contributed by atoms with Gasteiger partial charge in [0.05, 0.1) is 11.6 Å². The third kappa shape index (κ3) is 3.27. The molecular formula is C22H22N2O2. The van der Waals surface area contributed by atoms with E-state index in [1.165, 1.54) is 12.5 Å². The van der Waals surface area contributed by atoms with Crippen molar-refractivity contribution in [1.29, 1.82) is 0 Å². The highest BCUT2D eigenvalue weighted by atomic mass is 16.2. The van der Waals surface area contributed by atoms with Crippen molar-refractivity contribution < 1.29 is 4.79 Å². The van der Waals surface area contributed by atoms with Crippen LogP contribution >= 0.6 is 0 Å². The third-order valence-corrected chi connectivity index (χ3v) is 5.30. The van der Waals surface area contributed by atoms with Crippen LogP contribution in [0.4, 0.5) is 0 Å². The van der Waals surface area contributed by atoms with Gasteiger partial charge in [0, 0.05) is 17.6 Å². The largest absolute Gasteiger partial charge is 0.347 e. The van der Waals surface area contributed by atoms with E-state index in [0.29, 0.717) is 11.3 Å². The quantitative estimate of drug-likeness (QED) is 0.766. The summed E-state index contributed by atoms with van der Waals surface area (Å²) in [6, 6.07) is 19.2. The molecule has 3 aromatic rings. The summed E-state index contributed by atoms with van der Waals surface area (Å²) in [4.78, 5) is 24.8. The Morgan fingerprint density at radius 1 is 1.04 bits per heavy atom. The zero-order valence-electron chi connectivity index (χ0n) is 14.6. The molecule has 1 amide bonds. The predicted octanol–water partition coefficient (Wildman–Crippen LogP) is 3.66. The first-order valence-corrected chi connectivity index (χ1v) is 9.15. The molecule has 0 bridgehead atoms. The van der Waals surface area contributed by atoms with Crippen LogP contribution in [0.5, 0.6) is 0 Å². The molecule has 1 fully saturated rings. The SMILES string of the molecule is O=C(Cn1ccc(=O)c2ccccc21)N[C@H](c1ccccc1)C1CCC1. The van der Waals surface area contributed by atoms with Crippen molar-refractivity contribution in [3.8, 4) is 0 Å². The maximum absolute atomic E-state index is 12.8. The summed E-state index contributed by atoms with van der Waals surface area (Å²) in [7, 11) is 0. The predicted molar refractivity (Wildman–Crippen MR) is 103 cm³/mol. The van der Waals surface area contributed by atoms with Gasteiger partial charge in [0.1, 0.15) is 6.54 Å². The van der Waals surface area contributed by atoms with E-state index in [4.69, 9.17) is 0 Å². The Bertz CT molecular complexity index is 974. The number of carbonyl (C=O) groups is 1. The van der Waals surface area contributed by atoms with Crippen molar-refractivity contribution in [2.24, 2.45) is 5.92 Å². The molecule has 2 aromatic carbocycles. The molecule has 4 heteroatoms. The zero-order valence-corrected chi connectivity index (χ0v) is 14.6. The van der Waals surface area contributed by atoms with Crippen LogP contribution in [0.25, 0.3) is 10.9 Å². The van der Waals surface area contributed by atoms with Gasteiger partial charge in [-0.3, -0.25) is 9.59 Å². The molecule has 0 aliphatic heterocycles. The molecule has 4 nitrogen and oxygen atoms in total. The van der Waals surface area contributed by atoms with Gasteiger partial charge in [-0.15, -0.1) is 0 Å². The van der Waals surface area contributed by atoms with Gasteiger partial charge in [-0.05, 0) is 36.5 Å². The van der Waals surface area contributed by atoms with Gasteiger partial charge in [0.25, 0.3) is 0 Å². The van der Waals surface area contributed by atoms with Crippen LogP contribution in [0.1, 0.15) is 30.9 Å². The van der Waals surface area contributed by atoms with Crippen LogP contribution in [0.2, 0.25) is 0 Å². The van der Waals surface area contributed by atoms with E-state index < -0.39 is 0 Å². The second kappa shape index (κ2) is 7.16. The standard InChI is InChI=1S/C22H22N2O2/c25-20-13-14-24(19-12-5-4-11-18(19)20)15-21(26)23-22(17-9-6-10-17)16-7-2-1-3-8-16/h1-5,7-8,11-14,17,22H,6,9-10,15H2,(H,23,26)/t22-/m1/s1. The van der Waals surface area contributed by atoms with E-state index in [1.807, 2.05) is 41.0 Å². The molecule has 132 valence electrons. The Morgan fingerprint density at radius 3 is 2.50 bits per heavy atom. The lowest BCUT2D eigenvalue weighted by Gasteiger charge is -2.34. The normalized spacial score (nSPS) is 15.4. The van der Waals surface area contributed by atoms with Crippen molar-refractivity contribution in [2.75, 3.05) is 0 Å². The molecule has 0 spiro atoms. The smallest absolute Gasteiger partial charge is 0.240 e. The van der Waals surface area contributed by atoms with E-state index >= 15 is 0 Å². The minimum atomic E-state index is -0.0282. The van der Waals surface area contributed by atoms with E-state index in [2.05, 4.69) is 17.4 Å². The highest BCUT2D eigenvalue weighted by Gasteiger charge is 2.29. The average molecular weight is 346 g/mol. The van der Waals surface area contributed by atoms with Gasteiger partial charge in [0.15, 0.2) is 5.43 Å². The van der Waals surface area contributed by atoms with Gasteiger partial charge in [-0.1, -0.05) is 48.9 Å². The first-order chi connectivity index (χ1) is 12.7. The van der Waals surface area contributed by atoms with Gasteiger partial charge >= 0.3 is 0 Å². The van der Waals surface area contributed by atoms with Crippen LogP contribution < -0.4 is 10.7 Å². The van der Waals surface area contributed by atoms with Crippen LogP contribution in [0.3, 0.4) is 0 Å². The van der Waals surface area contributed by atoms with Crippen LogP contribution in [0, 0.1) is 5.92 Å². The fourth-order valence-corrected chi connectivity index (χ4v) is 3.68. The number of aromatic nitrogens is 1. The molecule has 0 unspecified atom stereocenters. The number of carbonyl (C=O) groups excluding carboxylic acids is 1. The number of para-hydroxylation sites is 1. The lowest BCUT2D eigenvalue weighted by molar-refractivity contribution is -0.123. The Hall–Kier alpha value is -2.88. The Kier molecular flexibility index (Phi) is 4.57. The molecule has 1 N–H and O–H groups in total. The van der Waals surface area contributed by atoms with E-state index in [0.717, 1.165) is 23.9 Å². The van der Waals surface area contributed by atoms with Crippen molar-refractivity contribution in [3.05, 3.63) is 82.6 Å². The Labute approximate surface area is 152 Å². The first-order valence-electron chi connectivity index (χ1n) is 9.15. The number of nitrogens with zero attached hydrogens (tertiary/aromatic N) is 1. The molecule has 1 heterocycles. The maximum Gasteiger partial charge on any atom is 0.240 e. The van der Waals surface area contributed by atoms with Gasteiger partial charge in [0.2, 0.25) is 5.91 Å². The number of nitrogens with one attached hydrogen (secondary N) is 1. The van der Waals surface area contributed by atoms with Crippen LogP contribution in [0.15, 0.2) is 71.7 Å². The van der Waals surface area contributed by atoms with Crippen LogP contribution in [-0.4, -0.2) is 10.5 Å². The minimum absolute atomic E-state index is 0.0195. The number of fused-ring (bicyclic) bond motifs is 1. The number of amides is 1. The third-order valence-electron chi connectivity index (χ3n) is 5.30. The molecule has 1 atom stereocenters. The Balaban J connectivity index is 1.56. The summed E-state index contributed by atoms with van der Waals surface area (Å²) in [5.74, 6) is 0.478. The van der Waals surface area contributed by atoms with E-state index in [9.17, 15) is 9.59 Å². The first kappa shape index (κ1) is 16.6. The average Bonchev–Trinajstić information content (AvgIpc) is 2.63. The number of pyridine rings is 1. The summed E-state index contributed by atoms with van der Waals surface area (Å²) in [6.45, 7) is 0.205. The van der Waals surface area contributed by atoms with E-state index in [1.54, 1.807) is 12.3 Å². The second-order valence-corrected chi connectivity index (χ2v) is 6.97. The molecule has 1 aliphatic rings. The molecule has 0 saturated heterocycles. The van der Waals surface area contributed by atoms with Gasteiger partial charge < -0.3 is 9.88 Å². The summed E-state index contributed by atoms with van der Waals surface area (Å²) < 4.78 is 1.84. The minimum Gasteiger partial charge on any atom is -0.347 e. The van der Waals surface area contributed by atoms with Crippen molar-refractivity contribution in [3.63, 3.8) is 0 Å². The van der Waals surface area contributed by atoms with E-state index in [-0.39, 0.29) is 23.9 Å². The highest BCUT2D eigenvalue weighted by Crippen LogP contribution is 2.37.